The zero-order chi connectivity index (χ0) is 14.5. The Morgan fingerprint density at radius 2 is 1.32 bits per heavy atom. The molecule has 1 amide bonds. The number of hydrogen-bond acceptors (Lipinski definition) is 1. The predicted octanol–water partition coefficient (Wildman–Crippen LogP) is 4.94. The van der Waals surface area contributed by atoms with E-state index >= 15 is 0 Å². The molecular weight excluding hydrogens is 234 g/mol. The third-order valence-electron chi connectivity index (χ3n) is 3.48. The molecule has 0 N–H and O–H groups in total. The molecule has 0 aliphatic rings. The molecule has 0 aromatic rings. The molecule has 0 unspecified atom stereocenters. The molecule has 0 spiro atoms. The number of nitrogens with zero attached hydrogens (tertiary/aromatic N) is 1. The van der Waals surface area contributed by atoms with Gasteiger partial charge in [0.05, 0.1) is 0 Å². The third kappa shape index (κ3) is 8.85. The van der Waals surface area contributed by atoms with Crippen molar-refractivity contribution >= 4 is 5.91 Å². The molecule has 0 heterocycles. The lowest BCUT2D eigenvalue weighted by atomic mass is 10.1. The van der Waals surface area contributed by atoms with Gasteiger partial charge in [0.15, 0.2) is 0 Å². The first-order valence-electron chi connectivity index (χ1n) is 8.14. The predicted molar refractivity (Wildman–Crippen MR) is 84.3 cm³/mol. The molecule has 0 aliphatic heterocycles. The van der Waals surface area contributed by atoms with Crippen molar-refractivity contribution in [3.05, 3.63) is 12.2 Å². The molecule has 0 saturated heterocycles. The van der Waals surface area contributed by atoms with Crippen LogP contribution in [0.15, 0.2) is 12.2 Å². The molecule has 0 saturated carbocycles. The summed E-state index contributed by atoms with van der Waals surface area (Å²) in [4.78, 5) is 14.4. The third-order valence-corrected chi connectivity index (χ3v) is 3.48. The zero-order valence-corrected chi connectivity index (χ0v) is 13.3. The second-order valence-electron chi connectivity index (χ2n) is 5.41. The summed E-state index contributed by atoms with van der Waals surface area (Å²) >= 11 is 0. The monoisotopic (exact) mass is 267 g/mol. The highest BCUT2D eigenvalue weighted by atomic mass is 16.2. The molecule has 0 bridgehead atoms. The summed E-state index contributed by atoms with van der Waals surface area (Å²) in [6.07, 6.45) is 10.1. The van der Waals surface area contributed by atoms with Gasteiger partial charge in [-0.2, -0.15) is 0 Å². The van der Waals surface area contributed by atoms with Crippen molar-refractivity contribution in [3.8, 4) is 0 Å². The Balaban J connectivity index is 4.26. The highest BCUT2D eigenvalue weighted by molar-refractivity contribution is 5.92. The maximum absolute atomic E-state index is 12.4. The van der Waals surface area contributed by atoms with Crippen LogP contribution in [0, 0.1) is 0 Å². The molecule has 0 rings (SSSR count). The van der Waals surface area contributed by atoms with E-state index in [0.29, 0.717) is 0 Å². The number of unbranched alkanes of at least 4 members (excludes halogenated alkanes) is 5. The quantitative estimate of drug-likeness (QED) is 0.362. The molecule has 0 aliphatic carbocycles. The Kier molecular flexibility index (Phi) is 11.7. The minimum atomic E-state index is 0.195. The summed E-state index contributed by atoms with van der Waals surface area (Å²) in [5, 5.41) is 0. The van der Waals surface area contributed by atoms with E-state index in [9.17, 15) is 4.79 Å². The van der Waals surface area contributed by atoms with Crippen LogP contribution in [-0.2, 0) is 4.79 Å². The van der Waals surface area contributed by atoms with Gasteiger partial charge in [-0.1, -0.05) is 59.5 Å². The highest BCUT2D eigenvalue weighted by Gasteiger charge is 2.15. The maximum atomic E-state index is 12.4. The van der Waals surface area contributed by atoms with Crippen LogP contribution in [0.5, 0.6) is 0 Å². The van der Waals surface area contributed by atoms with Gasteiger partial charge in [-0.15, -0.1) is 0 Å². The molecule has 0 radical (unpaired) electrons. The van der Waals surface area contributed by atoms with E-state index in [1.165, 1.54) is 25.7 Å². The van der Waals surface area contributed by atoms with Crippen LogP contribution in [0.4, 0.5) is 0 Å². The molecule has 112 valence electrons. The van der Waals surface area contributed by atoms with Crippen molar-refractivity contribution in [3.63, 3.8) is 0 Å². The lowest BCUT2D eigenvalue weighted by molar-refractivity contribution is -0.127. The fourth-order valence-corrected chi connectivity index (χ4v) is 2.14. The summed E-state index contributed by atoms with van der Waals surface area (Å²) in [7, 11) is 0. The summed E-state index contributed by atoms with van der Waals surface area (Å²) in [5.74, 6) is 0.195. The van der Waals surface area contributed by atoms with E-state index in [1.807, 2.05) is 4.90 Å². The number of carbonyl (C=O) groups excluding carboxylic acids is 1. The first kappa shape index (κ1) is 18.2. The summed E-state index contributed by atoms with van der Waals surface area (Å²) in [6, 6.07) is 0. The van der Waals surface area contributed by atoms with E-state index in [2.05, 4.69) is 27.4 Å². The smallest absolute Gasteiger partial charge is 0.249 e. The van der Waals surface area contributed by atoms with Gasteiger partial charge >= 0.3 is 0 Å². The van der Waals surface area contributed by atoms with Crippen molar-refractivity contribution in [2.75, 3.05) is 13.1 Å². The molecule has 19 heavy (non-hydrogen) atoms. The average Bonchev–Trinajstić information content (AvgIpc) is 2.42. The van der Waals surface area contributed by atoms with Crippen molar-refractivity contribution in [2.45, 2.75) is 78.6 Å². The van der Waals surface area contributed by atoms with Crippen molar-refractivity contribution in [1.82, 2.24) is 4.90 Å². The van der Waals surface area contributed by atoms with Gasteiger partial charge in [0.2, 0.25) is 5.91 Å². The van der Waals surface area contributed by atoms with Gasteiger partial charge in [-0.05, 0) is 25.7 Å². The first-order chi connectivity index (χ1) is 9.17. The molecular formula is C17H33NO. The molecule has 0 aromatic carbocycles. The normalized spacial score (nSPS) is 10.5. The Labute approximate surface area is 120 Å². The summed E-state index contributed by atoms with van der Waals surface area (Å²) in [6.45, 7) is 12.3. The Hall–Kier alpha value is -0.790. The van der Waals surface area contributed by atoms with Crippen LogP contribution in [0.3, 0.4) is 0 Å². The number of hydrogen-bond donors (Lipinski definition) is 0. The van der Waals surface area contributed by atoms with Crippen LogP contribution in [0.1, 0.15) is 78.6 Å². The fraction of sp³-hybridized carbons (Fsp3) is 0.824. The molecule has 0 fully saturated rings. The average molecular weight is 267 g/mol. The molecule has 0 aromatic heterocycles. The number of carbonyl (C=O) groups is 1. The second-order valence-corrected chi connectivity index (χ2v) is 5.41. The summed E-state index contributed by atoms with van der Waals surface area (Å²) < 4.78 is 0. The lowest BCUT2D eigenvalue weighted by Gasteiger charge is -2.23. The van der Waals surface area contributed by atoms with E-state index in [-0.39, 0.29) is 5.91 Å². The van der Waals surface area contributed by atoms with Gasteiger partial charge < -0.3 is 4.90 Å². The van der Waals surface area contributed by atoms with Crippen LogP contribution in [0.2, 0.25) is 0 Å². The number of rotatable bonds is 12. The molecule has 2 nitrogen and oxygen atoms in total. The van der Waals surface area contributed by atoms with Gasteiger partial charge in [-0.3, -0.25) is 4.79 Å². The molecule has 0 atom stereocenters. The Bertz CT molecular complexity index is 238. The van der Waals surface area contributed by atoms with Crippen molar-refractivity contribution in [2.24, 2.45) is 0 Å². The highest BCUT2D eigenvalue weighted by Crippen LogP contribution is 2.11. The molecule has 2 heteroatoms. The van der Waals surface area contributed by atoms with Crippen molar-refractivity contribution in [1.29, 1.82) is 0 Å². The minimum absolute atomic E-state index is 0.195. The Morgan fingerprint density at radius 3 is 1.74 bits per heavy atom. The largest absolute Gasteiger partial charge is 0.339 e. The van der Waals surface area contributed by atoms with Gasteiger partial charge in [0.25, 0.3) is 0 Å². The van der Waals surface area contributed by atoms with E-state index in [1.54, 1.807) is 0 Å². The zero-order valence-electron chi connectivity index (χ0n) is 13.3. The second kappa shape index (κ2) is 12.3. The first-order valence-corrected chi connectivity index (χ1v) is 8.14. The van der Waals surface area contributed by atoms with E-state index < -0.39 is 0 Å². The maximum Gasteiger partial charge on any atom is 0.249 e. The topological polar surface area (TPSA) is 20.3 Å². The van der Waals surface area contributed by atoms with Crippen LogP contribution in [0.25, 0.3) is 0 Å². The minimum Gasteiger partial charge on any atom is -0.339 e. The van der Waals surface area contributed by atoms with E-state index in [4.69, 9.17) is 0 Å². The standard InChI is InChI=1S/C17H33NO/c1-5-8-11-14-18(15-12-9-6-2)17(19)16(4)13-10-7-3/h4-15H2,1-3H3. The number of amides is 1. The SMILES string of the molecule is C=C(CCCC)C(=O)N(CCCCC)CCCCC. The van der Waals surface area contributed by atoms with Crippen LogP contribution >= 0.6 is 0 Å². The fourth-order valence-electron chi connectivity index (χ4n) is 2.14. The van der Waals surface area contributed by atoms with E-state index in [0.717, 1.165) is 50.8 Å². The van der Waals surface area contributed by atoms with Crippen LogP contribution in [-0.4, -0.2) is 23.9 Å². The van der Waals surface area contributed by atoms with Gasteiger partial charge in [0.1, 0.15) is 0 Å². The Morgan fingerprint density at radius 1 is 0.842 bits per heavy atom. The van der Waals surface area contributed by atoms with Gasteiger partial charge in [0, 0.05) is 18.7 Å². The van der Waals surface area contributed by atoms with Crippen molar-refractivity contribution < 1.29 is 4.79 Å². The van der Waals surface area contributed by atoms with Gasteiger partial charge in [-0.25, -0.2) is 0 Å². The van der Waals surface area contributed by atoms with Crippen LogP contribution < -0.4 is 0 Å². The lowest BCUT2D eigenvalue weighted by Crippen LogP contribution is -2.33. The summed E-state index contributed by atoms with van der Waals surface area (Å²) in [5.41, 5.74) is 0.801.